The van der Waals surface area contributed by atoms with Crippen LogP contribution in [0.25, 0.3) is 0 Å². The highest BCUT2D eigenvalue weighted by atomic mass is 16.4. The minimum Gasteiger partial charge on any atom is -0.545 e. The quantitative estimate of drug-likeness (QED) is 0.703. The molecule has 1 rings (SSSR count). The summed E-state index contributed by atoms with van der Waals surface area (Å²) < 4.78 is 0. The molecule has 0 saturated heterocycles. The summed E-state index contributed by atoms with van der Waals surface area (Å²) in [5, 5.41) is 10.4. The molecule has 0 unspecified atom stereocenters. The van der Waals surface area contributed by atoms with Crippen LogP contribution in [-0.2, 0) is 0 Å². The normalized spacial score (nSPS) is 12.5. The number of aromatic carboxylic acids is 1. The Hall–Kier alpha value is -1.31. The molecule has 0 amide bonds. The van der Waals surface area contributed by atoms with Gasteiger partial charge in [0.1, 0.15) is 0 Å². The third-order valence-corrected chi connectivity index (χ3v) is 2.33. The minimum absolute atomic E-state index is 0.243. The second kappa shape index (κ2) is 4.08. The molecule has 0 spiro atoms. The Morgan fingerprint density at radius 2 is 1.92 bits per heavy atom. The van der Waals surface area contributed by atoms with Gasteiger partial charge in [-0.2, -0.15) is 0 Å². The van der Waals surface area contributed by atoms with Gasteiger partial charge in [-0.3, -0.25) is 0 Å². The Bertz CT molecular complexity index is 287. The molecule has 2 heteroatoms. The Kier molecular flexibility index (Phi) is 3.07. The summed E-state index contributed by atoms with van der Waals surface area (Å²) >= 11 is 0. The molecule has 1 atom stereocenters. The minimum atomic E-state index is -1.12. The van der Waals surface area contributed by atoms with E-state index in [2.05, 4.69) is 13.8 Å². The zero-order valence-corrected chi connectivity index (χ0v) is 7.91. The van der Waals surface area contributed by atoms with E-state index in [1.54, 1.807) is 12.1 Å². The van der Waals surface area contributed by atoms with Gasteiger partial charge in [0.2, 0.25) is 0 Å². The van der Waals surface area contributed by atoms with Gasteiger partial charge in [-0.1, -0.05) is 38.1 Å². The lowest BCUT2D eigenvalue weighted by Gasteiger charge is -2.09. The van der Waals surface area contributed by atoms with Gasteiger partial charge >= 0.3 is 0 Å². The summed E-state index contributed by atoms with van der Waals surface area (Å²) in [4.78, 5) is 10.4. The lowest BCUT2D eigenvalue weighted by molar-refractivity contribution is -0.255. The number of hydrogen-bond acceptors (Lipinski definition) is 2. The first-order chi connectivity index (χ1) is 6.15. The molecule has 1 aromatic carbocycles. The highest BCUT2D eigenvalue weighted by molar-refractivity contribution is 5.85. The van der Waals surface area contributed by atoms with Crippen molar-refractivity contribution in [3.63, 3.8) is 0 Å². The molecule has 0 saturated carbocycles. The fourth-order valence-corrected chi connectivity index (χ4v) is 1.18. The first-order valence-corrected chi connectivity index (χ1v) is 4.46. The summed E-state index contributed by atoms with van der Waals surface area (Å²) in [6.45, 7) is 4.23. The van der Waals surface area contributed by atoms with E-state index >= 15 is 0 Å². The Labute approximate surface area is 78.2 Å². The van der Waals surface area contributed by atoms with Crippen molar-refractivity contribution in [2.75, 3.05) is 0 Å². The topological polar surface area (TPSA) is 40.1 Å². The summed E-state index contributed by atoms with van der Waals surface area (Å²) in [6, 6.07) is 6.88. The molecule has 2 nitrogen and oxygen atoms in total. The number of rotatable bonds is 3. The largest absolute Gasteiger partial charge is 0.545 e. The molecule has 0 fully saturated rings. The van der Waals surface area contributed by atoms with Crippen molar-refractivity contribution in [2.24, 2.45) is 0 Å². The molecule has 0 aliphatic heterocycles. The predicted octanol–water partition coefficient (Wildman–Crippen LogP) is 1.56. The van der Waals surface area contributed by atoms with Crippen LogP contribution in [0.3, 0.4) is 0 Å². The van der Waals surface area contributed by atoms with Gasteiger partial charge in [0.05, 0.1) is 5.97 Å². The van der Waals surface area contributed by atoms with Crippen LogP contribution in [0.2, 0.25) is 0 Å². The number of carbonyl (C=O) groups excluding carboxylic acids is 1. The average Bonchev–Trinajstić information content (AvgIpc) is 2.17. The highest BCUT2D eigenvalue weighted by Gasteiger charge is 2.01. The molecular formula is C11H13O2-. The maximum absolute atomic E-state index is 10.4. The number of carboxylic acid groups (broad SMARTS) is 1. The maximum atomic E-state index is 10.4. The first-order valence-electron chi connectivity index (χ1n) is 4.46. The average molecular weight is 177 g/mol. The maximum Gasteiger partial charge on any atom is 0.0715 e. The van der Waals surface area contributed by atoms with Crippen molar-refractivity contribution in [2.45, 2.75) is 26.2 Å². The van der Waals surface area contributed by atoms with Crippen LogP contribution < -0.4 is 5.11 Å². The molecule has 0 aliphatic rings. The van der Waals surface area contributed by atoms with Gasteiger partial charge in [0.25, 0.3) is 0 Å². The van der Waals surface area contributed by atoms with Crippen LogP contribution in [0.5, 0.6) is 0 Å². The first kappa shape index (κ1) is 9.78. The second-order valence-corrected chi connectivity index (χ2v) is 3.22. The van der Waals surface area contributed by atoms with E-state index in [1.165, 1.54) is 5.56 Å². The number of carbonyl (C=O) groups is 1. The molecule has 1 aromatic rings. The van der Waals surface area contributed by atoms with Crippen molar-refractivity contribution in [1.29, 1.82) is 0 Å². The summed E-state index contributed by atoms with van der Waals surface area (Å²) in [5.74, 6) is -0.633. The lowest BCUT2D eigenvalue weighted by Crippen LogP contribution is -2.22. The molecule has 0 aliphatic carbocycles. The zero-order valence-electron chi connectivity index (χ0n) is 7.91. The van der Waals surface area contributed by atoms with Crippen LogP contribution in [-0.4, -0.2) is 5.97 Å². The van der Waals surface area contributed by atoms with Crippen molar-refractivity contribution in [3.8, 4) is 0 Å². The van der Waals surface area contributed by atoms with E-state index in [0.717, 1.165) is 6.42 Å². The van der Waals surface area contributed by atoms with E-state index in [1.807, 2.05) is 12.1 Å². The molecular weight excluding hydrogens is 164 g/mol. The zero-order chi connectivity index (χ0) is 9.84. The standard InChI is InChI=1S/C11H14O2/c1-3-8(2)9-4-6-10(7-5-9)11(12)13/h4-8H,3H2,1-2H3,(H,12,13)/p-1/t8-/m0/s1. The molecule has 0 aromatic heterocycles. The molecule has 70 valence electrons. The van der Waals surface area contributed by atoms with E-state index in [9.17, 15) is 9.90 Å². The van der Waals surface area contributed by atoms with Gasteiger partial charge in [-0.15, -0.1) is 0 Å². The van der Waals surface area contributed by atoms with Gasteiger partial charge in [-0.05, 0) is 23.5 Å². The van der Waals surface area contributed by atoms with E-state index < -0.39 is 5.97 Å². The number of carboxylic acids is 1. The van der Waals surface area contributed by atoms with Crippen molar-refractivity contribution >= 4 is 5.97 Å². The van der Waals surface area contributed by atoms with Crippen LogP contribution >= 0.6 is 0 Å². The molecule has 0 N–H and O–H groups in total. The predicted molar refractivity (Wildman–Crippen MR) is 49.5 cm³/mol. The summed E-state index contributed by atoms with van der Waals surface area (Å²) in [7, 11) is 0. The fourth-order valence-electron chi connectivity index (χ4n) is 1.18. The van der Waals surface area contributed by atoms with Crippen LogP contribution in [0.15, 0.2) is 24.3 Å². The van der Waals surface area contributed by atoms with E-state index in [-0.39, 0.29) is 5.56 Å². The monoisotopic (exact) mass is 177 g/mol. The van der Waals surface area contributed by atoms with Crippen molar-refractivity contribution in [1.82, 2.24) is 0 Å². The summed E-state index contributed by atoms with van der Waals surface area (Å²) in [6.07, 6.45) is 1.06. The van der Waals surface area contributed by atoms with Crippen molar-refractivity contribution in [3.05, 3.63) is 35.4 Å². The molecule has 0 bridgehead atoms. The Morgan fingerprint density at radius 1 is 1.38 bits per heavy atom. The lowest BCUT2D eigenvalue weighted by atomic mass is 9.98. The van der Waals surface area contributed by atoms with E-state index in [4.69, 9.17) is 0 Å². The Morgan fingerprint density at radius 3 is 2.31 bits per heavy atom. The van der Waals surface area contributed by atoms with Crippen molar-refractivity contribution < 1.29 is 9.90 Å². The molecule has 0 heterocycles. The van der Waals surface area contributed by atoms with Gasteiger partial charge in [0.15, 0.2) is 0 Å². The highest BCUT2D eigenvalue weighted by Crippen LogP contribution is 2.18. The molecule has 13 heavy (non-hydrogen) atoms. The summed E-state index contributed by atoms with van der Waals surface area (Å²) in [5.41, 5.74) is 1.42. The SMILES string of the molecule is CC[C@H](C)c1ccc(C(=O)[O-])cc1. The smallest absolute Gasteiger partial charge is 0.0715 e. The second-order valence-electron chi connectivity index (χ2n) is 3.22. The third kappa shape index (κ3) is 2.31. The third-order valence-electron chi connectivity index (χ3n) is 2.33. The van der Waals surface area contributed by atoms with Crippen LogP contribution in [0, 0.1) is 0 Å². The Balaban J connectivity index is 2.87. The van der Waals surface area contributed by atoms with Gasteiger partial charge in [0, 0.05) is 0 Å². The van der Waals surface area contributed by atoms with Gasteiger partial charge in [-0.25, -0.2) is 0 Å². The fraction of sp³-hybridized carbons (Fsp3) is 0.364. The van der Waals surface area contributed by atoms with Crippen LogP contribution in [0.4, 0.5) is 0 Å². The van der Waals surface area contributed by atoms with Crippen LogP contribution in [0.1, 0.15) is 42.1 Å². The molecule has 0 radical (unpaired) electrons. The number of hydrogen-bond donors (Lipinski definition) is 0. The number of benzene rings is 1. The van der Waals surface area contributed by atoms with Gasteiger partial charge < -0.3 is 9.90 Å². The van der Waals surface area contributed by atoms with E-state index in [0.29, 0.717) is 5.92 Å².